The SMILES string of the molecule is Cc1ccc(C2CCC(N)C2)cc1. The quantitative estimate of drug-likeness (QED) is 0.697. The molecule has 1 aromatic rings. The van der Waals surface area contributed by atoms with Crippen LogP contribution in [0, 0.1) is 6.92 Å². The second-order valence-electron chi connectivity index (χ2n) is 4.18. The van der Waals surface area contributed by atoms with Gasteiger partial charge in [-0.2, -0.15) is 0 Å². The maximum atomic E-state index is 5.89. The maximum absolute atomic E-state index is 5.89. The van der Waals surface area contributed by atoms with Gasteiger partial charge in [0.15, 0.2) is 0 Å². The van der Waals surface area contributed by atoms with E-state index in [1.165, 1.54) is 30.4 Å². The van der Waals surface area contributed by atoms with Crippen LogP contribution in [0.3, 0.4) is 0 Å². The van der Waals surface area contributed by atoms with Gasteiger partial charge in [-0.25, -0.2) is 0 Å². The van der Waals surface area contributed by atoms with Crippen LogP contribution in [0.15, 0.2) is 24.3 Å². The summed E-state index contributed by atoms with van der Waals surface area (Å²) in [5.41, 5.74) is 8.70. The monoisotopic (exact) mass is 175 g/mol. The molecule has 0 saturated heterocycles. The van der Waals surface area contributed by atoms with E-state index in [1.54, 1.807) is 0 Å². The third kappa shape index (κ3) is 1.92. The fraction of sp³-hybridized carbons (Fsp3) is 0.500. The predicted octanol–water partition coefficient (Wildman–Crippen LogP) is 2.59. The zero-order valence-corrected chi connectivity index (χ0v) is 8.16. The summed E-state index contributed by atoms with van der Waals surface area (Å²) in [4.78, 5) is 0. The van der Waals surface area contributed by atoms with Gasteiger partial charge in [0.1, 0.15) is 0 Å². The average Bonchev–Trinajstić information content (AvgIpc) is 2.53. The molecule has 1 heteroatoms. The fourth-order valence-corrected chi connectivity index (χ4v) is 2.16. The highest BCUT2D eigenvalue weighted by Crippen LogP contribution is 2.33. The molecule has 1 aliphatic carbocycles. The Hall–Kier alpha value is -0.820. The van der Waals surface area contributed by atoms with E-state index in [1.807, 2.05) is 0 Å². The van der Waals surface area contributed by atoms with Crippen molar-refractivity contribution in [2.75, 3.05) is 0 Å². The van der Waals surface area contributed by atoms with Gasteiger partial charge in [0.05, 0.1) is 0 Å². The molecule has 0 aliphatic heterocycles. The Kier molecular flexibility index (Phi) is 2.36. The Morgan fingerprint density at radius 2 is 1.85 bits per heavy atom. The van der Waals surface area contributed by atoms with Crippen LogP contribution in [0.5, 0.6) is 0 Å². The topological polar surface area (TPSA) is 26.0 Å². The Balaban J connectivity index is 2.13. The summed E-state index contributed by atoms with van der Waals surface area (Å²) in [6, 6.07) is 9.32. The van der Waals surface area contributed by atoms with Crippen LogP contribution in [-0.2, 0) is 0 Å². The Morgan fingerprint density at radius 1 is 1.15 bits per heavy atom. The van der Waals surface area contributed by atoms with Gasteiger partial charge in [0, 0.05) is 6.04 Å². The molecule has 1 nitrogen and oxygen atoms in total. The number of hydrogen-bond acceptors (Lipinski definition) is 1. The van der Waals surface area contributed by atoms with E-state index < -0.39 is 0 Å². The zero-order valence-electron chi connectivity index (χ0n) is 8.16. The van der Waals surface area contributed by atoms with Crippen molar-refractivity contribution in [2.24, 2.45) is 5.73 Å². The predicted molar refractivity (Wildman–Crippen MR) is 55.7 cm³/mol. The van der Waals surface area contributed by atoms with Crippen LogP contribution < -0.4 is 5.73 Å². The van der Waals surface area contributed by atoms with Gasteiger partial charge in [0.25, 0.3) is 0 Å². The number of nitrogens with two attached hydrogens (primary N) is 1. The minimum atomic E-state index is 0.436. The smallest absolute Gasteiger partial charge is 0.00448 e. The molecule has 1 aliphatic rings. The summed E-state index contributed by atoms with van der Waals surface area (Å²) < 4.78 is 0. The lowest BCUT2D eigenvalue weighted by atomic mass is 9.97. The van der Waals surface area contributed by atoms with Crippen LogP contribution >= 0.6 is 0 Å². The molecular formula is C12H17N. The first-order chi connectivity index (χ1) is 6.25. The Bertz CT molecular complexity index is 276. The lowest BCUT2D eigenvalue weighted by Crippen LogP contribution is -2.14. The van der Waals surface area contributed by atoms with Gasteiger partial charge in [-0.3, -0.25) is 0 Å². The molecule has 1 saturated carbocycles. The third-order valence-corrected chi connectivity index (χ3v) is 3.02. The van der Waals surface area contributed by atoms with E-state index in [9.17, 15) is 0 Å². The van der Waals surface area contributed by atoms with E-state index in [4.69, 9.17) is 5.73 Å². The standard InChI is InChI=1S/C12H17N/c1-9-2-4-10(5-3-9)11-6-7-12(13)8-11/h2-5,11-12H,6-8,13H2,1H3. The Morgan fingerprint density at radius 3 is 2.38 bits per heavy atom. The van der Waals surface area contributed by atoms with Crippen LogP contribution in [0.25, 0.3) is 0 Å². The van der Waals surface area contributed by atoms with Gasteiger partial charge in [-0.05, 0) is 37.7 Å². The van der Waals surface area contributed by atoms with Crippen LogP contribution in [0.2, 0.25) is 0 Å². The summed E-state index contributed by atoms with van der Waals surface area (Å²) in [7, 11) is 0. The zero-order chi connectivity index (χ0) is 9.26. The molecule has 0 spiro atoms. The minimum Gasteiger partial charge on any atom is -0.328 e. The molecule has 0 aromatic heterocycles. The van der Waals surface area contributed by atoms with Gasteiger partial charge < -0.3 is 5.73 Å². The molecule has 2 atom stereocenters. The first-order valence-corrected chi connectivity index (χ1v) is 5.08. The normalized spacial score (nSPS) is 27.8. The van der Waals surface area contributed by atoms with Gasteiger partial charge in [-0.1, -0.05) is 29.8 Å². The van der Waals surface area contributed by atoms with Crippen LogP contribution in [0.4, 0.5) is 0 Å². The molecule has 0 bridgehead atoms. The van der Waals surface area contributed by atoms with Gasteiger partial charge >= 0.3 is 0 Å². The van der Waals surface area contributed by atoms with Crippen molar-refractivity contribution in [3.8, 4) is 0 Å². The molecule has 1 aromatic carbocycles. The van der Waals surface area contributed by atoms with Crippen molar-refractivity contribution in [2.45, 2.75) is 38.1 Å². The lowest BCUT2D eigenvalue weighted by Gasteiger charge is -2.09. The second-order valence-corrected chi connectivity index (χ2v) is 4.18. The highest BCUT2D eigenvalue weighted by molar-refractivity contribution is 5.25. The van der Waals surface area contributed by atoms with Crippen molar-refractivity contribution in [3.05, 3.63) is 35.4 Å². The molecular weight excluding hydrogens is 158 g/mol. The van der Waals surface area contributed by atoms with Gasteiger partial charge in [-0.15, -0.1) is 0 Å². The highest BCUT2D eigenvalue weighted by Gasteiger charge is 2.22. The van der Waals surface area contributed by atoms with E-state index in [0.29, 0.717) is 6.04 Å². The maximum Gasteiger partial charge on any atom is 0.00448 e. The summed E-state index contributed by atoms with van der Waals surface area (Å²) in [6.07, 6.45) is 3.63. The van der Waals surface area contributed by atoms with E-state index in [2.05, 4.69) is 31.2 Å². The van der Waals surface area contributed by atoms with E-state index in [-0.39, 0.29) is 0 Å². The summed E-state index contributed by atoms with van der Waals surface area (Å²) in [6.45, 7) is 2.13. The number of hydrogen-bond donors (Lipinski definition) is 1. The van der Waals surface area contributed by atoms with E-state index >= 15 is 0 Å². The molecule has 0 amide bonds. The van der Waals surface area contributed by atoms with Crippen molar-refractivity contribution in [3.63, 3.8) is 0 Å². The van der Waals surface area contributed by atoms with Crippen molar-refractivity contribution in [1.29, 1.82) is 0 Å². The molecule has 0 radical (unpaired) electrons. The number of benzene rings is 1. The number of rotatable bonds is 1. The molecule has 13 heavy (non-hydrogen) atoms. The van der Waals surface area contributed by atoms with Crippen molar-refractivity contribution >= 4 is 0 Å². The molecule has 2 rings (SSSR count). The molecule has 0 heterocycles. The first kappa shape index (κ1) is 8.76. The molecule has 2 N–H and O–H groups in total. The molecule has 2 unspecified atom stereocenters. The third-order valence-electron chi connectivity index (χ3n) is 3.02. The van der Waals surface area contributed by atoms with E-state index in [0.717, 1.165) is 5.92 Å². The average molecular weight is 175 g/mol. The lowest BCUT2D eigenvalue weighted by molar-refractivity contribution is 0.674. The van der Waals surface area contributed by atoms with Crippen LogP contribution in [0.1, 0.15) is 36.3 Å². The fourth-order valence-electron chi connectivity index (χ4n) is 2.16. The molecule has 1 fully saturated rings. The van der Waals surface area contributed by atoms with Gasteiger partial charge in [0.2, 0.25) is 0 Å². The van der Waals surface area contributed by atoms with Crippen molar-refractivity contribution < 1.29 is 0 Å². The number of aryl methyl sites for hydroxylation is 1. The largest absolute Gasteiger partial charge is 0.328 e. The minimum absolute atomic E-state index is 0.436. The summed E-state index contributed by atoms with van der Waals surface area (Å²) >= 11 is 0. The second kappa shape index (κ2) is 3.51. The molecule has 70 valence electrons. The first-order valence-electron chi connectivity index (χ1n) is 5.08. The Labute approximate surface area is 80.0 Å². The highest BCUT2D eigenvalue weighted by atomic mass is 14.6. The summed E-state index contributed by atoms with van der Waals surface area (Å²) in [5.74, 6) is 0.718. The van der Waals surface area contributed by atoms with Crippen LogP contribution in [-0.4, -0.2) is 6.04 Å². The van der Waals surface area contributed by atoms with Crippen molar-refractivity contribution in [1.82, 2.24) is 0 Å². The summed E-state index contributed by atoms with van der Waals surface area (Å²) in [5, 5.41) is 0.